The third kappa shape index (κ3) is 3.02. The minimum Gasteiger partial charge on any atom is -0.327 e. The van der Waals surface area contributed by atoms with E-state index in [-0.39, 0.29) is 0 Å². The zero-order valence-corrected chi connectivity index (χ0v) is 8.41. The van der Waals surface area contributed by atoms with E-state index in [1.807, 2.05) is 0 Å². The van der Waals surface area contributed by atoms with Crippen LogP contribution in [0.15, 0.2) is 0 Å². The van der Waals surface area contributed by atoms with Gasteiger partial charge in [0.05, 0.1) is 0 Å². The predicted molar refractivity (Wildman–Crippen MR) is 45.5 cm³/mol. The number of alkyl halides is 6. The summed E-state index contributed by atoms with van der Waals surface area (Å²) in [5.41, 5.74) is 5.16. The highest BCUT2D eigenvalue weighted by Crippen LogP contribution is 2.44. The molecule has 1 aliphatic rings. The summed E-state index contributed by atoms with van der Waals surface area (Å²) in [5.74, 6) is -4.07. The Morgan fingerprint density at radius 1 is 0.875 bits per heavy atom. The smallest absolute Gasteiger partial charge is 0.327 e. The van der Waals surface area contributed by atoms with Crippen LogP contribution < -0.4 is 5.73 Å². The lowest BCUT2D eigenvalue weighted by atomic mass is 9.87. The lowest BCUT2D eigenvalue weighted by Crippen LogP contribution is -2.51. The van der Waals surface area contributed by atoms with E-state index in [0.717, 1.165) is 0 Å². The molecule has 0 radical (unpaired) electrons. The number of halogens is 6. The summed E-state index contributed by atoms with van der Waals surface area (Å²) in [5, 5.41) is 0. The van der Waals surface area contributed by atoms with Gasteiger partial charge in [0, 0.05) is 6.04 Å². The first-order chi connectivity index (χ1) is 7.14. The Balaban J connectivity index is 2.84. The lowest BCUT2D eigenvalue weighted by Gasteiger charge is -2.31. The van der Waals surface area contributed by atoms with Gasteiger partial charge in [0.15, 0.2) is 5.92 Å². The van der Waals surface area contributed by atoms with Crippen LogP contribution in [0.3, 0.4) is 0 Å². The molecule has 0 aliphatic heterocycles. The quantitative estimate of drug-likeness (QED) is 0.747. The van der Waals surface area contributed by atoms with Crippen LogP contribution in [0.2, 0.25) is 0 Å². The Kier molecular flexibility index (Phi) is 3.76. The van der Waals surface area contributed by atoms with Gasteiger partial charge in [0.2, 0.25) is 0 Å². The molecule has 0 aromatic heterocycles. The molecule has 0 bridgehead atoms. The van der Waals surface area contributed by atoms with Gasteiger partial charge in [-0.05, 0) is 18.8 Å². The average molecular weight is 249 g/mol. The van der Waals surface area contributed by atoms with Crippen LogP contribution in [-0.4, -0.2) is 18.4 Å². The van der Waals surface area contributed by atoms with Crippen LogP contribution in [0.5, 0.6) is 0 Å². The molecule has 16 heavy (non-hydrogen) atoms. The van der Waals surface area contributed by atoms with Gasteiger partial charge >= 0.3 is 12.4 Å². The Bertz CT molecular complexity index is 213. The average Bonchev–Trinajstić information content (AvgIpc) is 2.48. The van der Waals surface area contributed by atoms with Crippen LogP contribution in [0.1, 0.15) is 25.7 Å². The summed E-state index contributed by atoms with van der Waals surface area (Å²) in [6.45, 7) is 0. The number of hydrogen-bond acceptors (Lipinski definition) is 1. The highest BCUT2D eigenvalue weighted by atomic mass is 19.4. The van der Waals surface area contributed by atoms with Crippen LogP contribution >= 0.6 is 0 Å². The van der Waals surface area contributed by atoms with Crippen molar-refractivity contribution < 1.29 is 26.3 Å². The number of rotatable bonds is 2. The molecule has 1 nitrogen and oxygen atoms in total. The fraction of sp³-hybridized carbons (Fsp3) is 1.00. The van der Waals surface area contributed by atoms with E-state index in [9.17, 15) is 26.3 Å². The summed E-state index contributed by atoms with van der Waals surface area (Å²) in [7, 11) is 0. The first kappa shape index (κ1) is 13.6. The van der Waals surface area contributed by atoms with Crippen molar-refractivity contribution >= 4 is 0 Å². The largest absolute Gasteiger partial charge is 0.402 e. The van der Waals surface area contributed by atoms with Crippen molar-refractivity contribution in [3.8, 4) is 0 Å². The molecule has 0 heterocycles. The second-order valence-electron chi connectivity index (χ2n) is 4.18. The molecule has 1 rings (SSSR count). The molecule has 0 aromatic rings. The lowest BCUT2D eigenvalue weighted by molar-refractivity contribution is -0.292. The molecule has 1 unspecified atom stereocenters. The monoisotopic (exact) mass is 249 g/mol. The summed E-state index contributed by atoms with van der Waals surface area (Å²) in [6, 6.07) is -1.87. The molecule has 1 aliphatic carbocycles. The topological polar surface area (TPSA) is 26.0 Å². The summed E-state index contributed by atoms with van der Waals surface area (Å²) < 4.78 is 73.9. The maximum atomic E-state index is 12.3. The molecule has 0 saturated heterocycles. The molecular formula is C9H13F6N. The normalized spacial score (nSPS) is 21.8. The number of nitrogens with two attached hydrogens (primary N) is 1. The van der Waals surface area contributed by atoms with Gasteiger partial charge in [-0.25, -0.2) is 0 Å². The molecule has 2 N–H and O–H groups in total. The zero-order chi connectivity index (χ0) is 12.6. The third-order valence-electron chi connectivity index (χ3n) is 3.03. The van der Waals surface area contributed by atoms with Crippen LogP contribution in [-0.2, 0) is 0 Å². The first-order valence-corrected chi connectivity index (χ1v) is 5.03. The van der Waals surface area contributed by atoms with Crippen molar-refractivity contribution in [2.75, 3.05) is 0 Å². The van der Waals surface area contributed by atoms with Gasteiger partial charge in [-0.15, -0.1) is 0 Å². The fourth-order valence-electron chi connectivity index (χ4n) is 2.24. The van der Waals surface area contributed by atoms with Crippen molar-refractivity contribution in [1.82, 2.24) is 0 Å². The van der Waals surface area contributed by atoms with Crippen LogP contribution in [0.25, 0.3) is 0 Å². The van der Waals surface area contributed by atoms with Gasteiger partial charge in [-0.1, -0.05) is 12.8 Å². The van der Waals surface area contributed by atoms with Crippen molar-refractivity contribution in [3.63, 3.8) is 0 Å². The van der Waals surface area contributed by atoms with Crippen molar-refractivity contribution in [1.29, 1.82) is 0 Å². The minimum atomic E-state index is -5.32. The van der Waals surface area contributed by atoms with E-state index in [1.165, 1.54) is 0 Å². The Morgan fingerprint density at radius 3 is 1.56 bits per heavy atom. The van der Waals surface area contributed by atoms with E-state index in [0.29, 0.717) is 25.7 Å². The molecule has 96 valence electrons. The second kappa shape index (κ2) is 4.43. The van der Waals surface area contributed by atoms with Gasteiger partial charge in [0.25, 0.3) is 0 Å². The summed E-state index contributed by atoms with van der Waals surface area (Å²) in [6.07, 6.45) is -8.63. The van der Waals surface area contributed by atoms with Crippen molar-refractivity contribution in [2.24, 2.45) is 17.6 Å². The standard InChI is InChI=1S/C9H13F6N/c10-8(11,12)7(9(13,14)15)6(16)5-3-1-2-4-5/h5-7H,1-4,16H2. The minimum absolute atomic E-state index is 0.351. The van der Waals surface area contributed by atoms with E-state index in [1.54, 1.807) is 0 Å². The van der Waals surface area contributed by atoms with Crippen LogP contribution in [0.4, 0.5) is 26.3 Å². The zero-order valence-electron chi connectivity index (χ0n) is 8.41. The van der Waals surface area contributed by atoms with Crippen LogP contribution in [0, 0.1) is 11.8 Å². The SMILES string of the molecule is NC(C1CCCC1)C(C(F)(F)F)C(F)(F)F. The molecule has 1 fully saturated rings. The predicted octanol–water partition coefficient (Wildman–Crippen LogP) is 3.24. The maximum absolute atomic E-state index is 12.3. The molecule has 1 atom stereocenters. The fourth-order valence-corrected chi connectivity index (χ4v) is 2.24. The molecule has 7 heteroatoms. The highest BCUT2D eigenvalue weighted by molar-refractivity contribution is 4.90. The van der Waals surface area contributed by atoms with Crippen molar-refractivity contribution in [2.45, 2.75) is 44.1 Å². The molecule has 1 saturated carbocycles. The second-order valence-corrected chi connectivity index (χ2v) is 4.18. The van der Waals surface area contributed by atoms with Gasteiger partial charge < -0.3 is 5.73 Å². The van der Waals surface area contributed by atoms with E-state index < -0.39 is 30.2 Å². The highest BCUT2D eigenvalue weighted by Gasteiger charge is 2.60. The summed E-state index contributed by atoms with van der Waals surface area (Å²) >= 11 is 0. The molecule has 0 spiro atoms. The van der Waals surface area contributed by atoms with Gasteiger partial charge in [0.1, 0.15) is 0 Å². The van der Waals surface area contributed by atoms with Crippen molar-refractivity contribution in [3.05, 3.63) is 0 Å². The molecule has 0 amide bonds. The van der Waals surface area contributed by atoms with E-state index >= 15 is 0 Å². The Labute approximate surface area is 89.0 Å². The number of hydrogen-bond donors (Lipinski definition) is 1. The molecule has 0 aromatic carbocycles. The first-order valence-electron chi connectivity index (χ1n) is 5.03. The van der Waals surface area contributed by atoms with Gasteiger partial charge in [-0.3, -0.25) is 0 Å². The summed E-state index contributed by atoms with van der Waals surface area (Å²) in [4.78, 5) is 0. The Hall–Kier alpha value is -0.460. The molecular weight excluding hydrogens is 236 g/mol. The maximum Gasteiger partial charge on any atom is 0.402 e. The van der Waals surface area contributed by atoms with E-state index in [2.05, 4.69) is 0 Å². The van der Waals surface area contributed by atoms with E-state index in [4.69, 9.17) is 5.73 Å². The Morgan fingerprint density at radius 2 is 1.25 bits per heavy atom. The third-order valence-corrected chi connectivity index (χ3v) is 3.03. The van der Waals surface area contributed by atoms with Gasteiger partial charge in [-0.2, -0.15) is 26.3 Å².